The molecule has 142 valence electrons. The van der Waals surface area contributed by atoms with Gasteiger partial charge in [-0.25, -0.2) is 0 Å². The SMILES string of the molecule is COc1ccc(CN2CCC3(CCOC[C@H]3NC(=O)C3CC3)CC2)cc1. The van der Waals surface area contributed by atoms with E-state index in [1.165, 1.54) is 5.56 Å². The van der Waals surface area contributed by atoms with Crippen LogP contribution in [0.15, 0.2) is 24.3 Å². The molecule has 1 amide bonds. The molecule has 1 atom stereocenters. The number of nitrogens with zero attached hydrogens (tertiary/aromatic N) is 1. The minimum absolute atomic E-state index is 0.187. The third kappa shape index (κ3) is 3.89. The van der Waals surface area contributed by atoms with Crippen molar-refractivity contribution in [2.45, 2.75) is 44.7 Å². The molecule has 0 unspecified atom stereocenters. The fraction of sp³-hybridized carbons (Fsp3) is 0.667. The number of amides is 1. The Morgan fingerprint density at radius 1 is 1.23 bits per heavy atom. The zero-order valence-corrected chi connectivity index (χ0v) is 15.7. The molecule has 2 heterocycles. The molecular formula is C21H30N2O3. The predicted octanol–water partition coefficient (Wildman–Crippen LogP) is 2.59. The lowest BCUT2D eigenvalue weighted by atomic mass is 9.69. The van der Waals surface area contributed by atoms with Gasteiger partial charge in [0.15, 0.2) is 0 Å². The lowest BCUT2D eigenvalue weighted by Crippen LogP contribution is -2.57. The summed E-state index contributed by atoms with van der Waals surface area (Å²) in [7, 11) is 1.70. The average molecular weight is 358 g/mol. The van der Waals surface area contributed by atoms with E-state index in [4.69, 9.17) is 9.47 Å². The Morgan fingerprint density at radius 2 is 1.96 bits per heavy atom. The van der Waals surface area contributed by atoms with Crippen LogP contribution in [-0.4, -0.2) is 50.3 Å². The summed E-state index contributed by atoms with van der Waals surface area (Å²) < 4.78 is 11.0. The van der Waals surface area contributed by atoms with Crippen LogP contribution in [0.4, 0.5) is 0 Å². The van der Waals surface area contributed by atoms with Crippen LogP contribution in [0, 0.1) is 11.3 Å². The summed E-state index contributed by atoms with van der Waals surface area (Å²) in [6, 6.07) is 8.55. The highest BCUT2D eigenvalue weighted by atomic mass is 16.5. The van der Waals surface area contributed by atoms with E-state index in [-0.39, 0.29) is 23.3 Å². The second-order valence-corrected chi connectivity index (χ2v) is 8.15. The molecule has 3 aliphatic rings. The van der Waals surface area contributed by atoms with Gasteiger partial charge in [0.1, 0.15) is 5.75 Å². The van der Waals surface area contributed by atoms with Gasteiger partial charge in [-0.15, -0.1) is 0 Å². The second-order valence-electron chi connectivity index (χ2n) is 8.15. The molecule has 1 aromatic rings. The van der Waals surface area contributed by atoms with Crippen molar-refractivity contribution in [1.82, 2.24) is 10.2 Å². The van der Waals surface area contributed by atoms with Crippen LogP contribution >= 0.6 is 0 Å². The van der Waals surface area contributed by atoms with Gasteiger partial charge in [-0.3, -0.25) is 9.69 Å². The fourth-order valence-corrected chi connectivity index (χ4v) is 4.40. The lowest BCUT2D eigenvalue weighted by Gasteiger charge is -2.49. The number of carbonyl (C=O) groups is 1. The number of likely N-dealkylation sites (tertiary alicyclic amines) is 1. The smallest absolute Gasteiger partial charge is 0.223 e. The molecule has 5 nitrogen and oxygen atoms in total. The monoisotopic (exact) mass is 358 g/mol. The maximum absolute atomic E-state index is 12.3. The van der Waals surface area contributed by atoms with Crippen molar-refractivity contribution in [3.63, 3.8) is 0 Å². The summed E-state index contributed by atoms with van der Waals surface area (Å²) in [5, 5.41) is 3.32. The Bertz CT molecular complexity index is 619. The standard InChI is InChI=1S/C21H30N2O3/c1-25-18-6-2-16(3-7-18)14-23-11-8-21(9-12-23)10-13-26-15-19(21)22-20(24)17-4-5-17/h2-3,6-7,17,19H,4-5,8-15H2,1H3,(H,22,24)/t19-/m1/s1. The van der Waals surface area contributed by atoms with Crippen molar-refractivity contribution in [3.05, 3.63) is 29.8 Å². The first kappa shape index (κ1) is 17.8. The first-order chi connectivity index (χ1) is 12.7. The van der Waals surface area contributed by atoms with Crippen LogP contribution in [0.25, 0.3) is 0 Å². The fourth-order valence-electron chi connectivity index (χ4n) is 4.40. The van der Waals surface area contributed by atoms with Crippen LogP contribution in [0.1, 0.15) is 37.7 Å². The van der Waals surface area contributed by atoms with Crippen molar-refractivity contribution < 1.29 is 14.3 Å². The molecule has 4 rings (SSSR count). The number of methoxy groups -OCH3 is 1. The summed E-state index contributed by atoms with van der Waals surface area (Å²) in [4.78, 5) is 14.8. The van der Waals surface area contributed by atoms with Gasteiger partial charge in [0, 0.05) is 19.1 Å². The van der Waals surface area contributed by atoms with Crippen molar-refractivity contribution in [2.24, 2.45) is 11.3 Å². The number of carbonyl (C=O) groups excluding carboxylic acids is 1. The first-order valence-electron chi connectivity index (χ1n) is 9.92. The Kier molecular flexibility index (Phi) is 5.18. The van der Waals surface area contributed by atoms with E-state index in [2.05, 4.69) is 22.3 Å². The van der Waals surface area contributed by atoms with Gasteiger partial charge in [0.05, 0.1) is 19.8 Å². The Morgan fingerprint density at radius 3 is 2.62 bits per heavy atom. The van der Waals surface area contributed by atoms with Gasteiger partial charge >= 0.3 is 0 Å². The maximum Gasteiger partial charge on any atom is 0.223 e. The summed E-state index contributed by atoms with van der Waals surface area (Å²) >= 11 is 0. The Hall–Kier alpha value is -1.59. The highest BCUT2D eigenvalue weighted by molar-refractivity contribution is 5.81. The van der Waals surface area contributed by atoms with E-state index in [0.717, 1.165) is 64.1 Å². The van der Waals surface area contributed by atoms with Crippen molar-refractivity contribution in [1.29, 1.82) is 0 Å². The predicted molar refractivity (Wildman–Crippen MR) is 100 cm³/mol. The molecule has 2 saturated heterocycles. The van der Waals surface area contributed by atoms with E-state index < -0.39 is 0 Å². The average Bonchev–Trinajstić information content (AvgIpc) is 3.52. The van der Waals surface area contributed by atoms with Gasteiger partial charge in [-0.2, -0.15) is 0 Å². The first-order valence-corrected chi connectivity index (χ1v) is 9.92. The molecule has 26 heavy (non-hydrogen) atoms. The number of benzene rings is 1. The van der Waals surface area contributed by atoms with Gasteiger partial charge < -0.3 is 14.8 Å². The minimum Gasteiger partial charge on any atom is -0.497 e. The van der Waals surface area contributed by atoms with Crippen molar-refractivity contribution >= 4 is 5.91 Å². The highest BCUT2D eigenvalue weighted by Crippen LogP contribution is 2.42. The van der Waals surface area contributed by atoms with Crippen LogP contribution in [-0.2, 0) is 16.1 Å². The molecule has 3 fully saturated rings. The van der Waals surface area contributed by atoms with Crippen LogP contribution in [0.3, 0.4) is 0 Å². The number of nitrogens with one attached hydrogen (secondary N) is 1. The third-order valence-electron chi connectivity index (χ3n) is 6.45. The van der Waals surface area contributed by atoms with Crippen molar-refractivity contribution in [2.75, 3.05) is 33.4 Å². The van der Waals surface area contributed by atoms with E-state index in [9.17, 15) is 4.79 Å². The molecular weight excluding hydrogens is 328 g/mol. The molecule has 0 radical (unpaired) electrons. The Labute approximate surface area is 156 Å². The maximum atomic E-state index is 12.3. The molecule has 1 N–H and O–H groups in total. The quantitative estimate of drug-likeness (QED) is 0.879. The number of piperidine rings is 1. The zero-order valence-electron chi connectivity index (χ0n) is 15.7. The van der Waals surface area contributed by atoms with Gasteiger partial charge in [0.25, 0.3) is 0 Å². The normalized spacial score (nSPS) is 25.8. The van der Waals surface area contributed by atoms with E-state index in [0.29, 0.717) is 6.61 Å². The topological polar surface area (TPSA) is 50.8 Å². The molecule has 2 aliphatic heterocycles. The molecule has 0 bridgehead atoms. The van der Waals surface area contributed by atoms with E-state index in [1.807, 2.05) is 12.1 Å². The Balaban J connectivity index is 1.34. The number of hydrogen-bond donors (Lipinski definition) is 1. The van der Waals surface area contributed by atoms with Crippen LogP contribution < -0.4 is 10.1 Å². The summed E-state index contributed by atoms with van der Waals surface area (Å²) in [5.74, 6) is 1.42. The van der Waals surface area contributed by atoms with Gasteiger partial charge in [-0.05, 0) is 68.3 Å². The van der Waals surface area contributed by atoms with Gasteiger partial charge in [0.2, 0.25) is 5.91 Å². The summed E-state index contributed by atoms with van der Waals surface area (Å²) in [6.45, 7) is 4.66. The zero-order chi connectivity index (χ0) is 18.0. The number of hydrogen-bond acceptors (Lipinski definition) is 4. The molecule has 1 aliphatic carbocycles. The molecule has 0 aromatic heterocycles. The number of ether oxygens (including phenoxy) is 2. The van der Waals surface area contributed by atoms with E-state index in [1.54, 1.807) is 7.11 Å². The molecule has 1 saturated carbocycles. The summed E-state index contributed by atoms with van der Waals surface area (Å²) in [5.41, 5.74) is 1.55. The minimum atomic E-state index is 0.187. The van der Waals surface area contributed by atoms with Gasteiger partial charge in [-0.1, -0.05) is 12.1 Å². The van der Waals surface area contributed by atoms with Crippen molar-refractivity contribution in [3.8, 4) is 5.75 Å². The largest absolute Gasteiger partial charge is 0.497 e. The van der Waals surface area contributed by atoms with E-state index >= 15 is 0 Å². The molecule has 1 spiro atoms. The third-order valence-corrected chi connectivity index (χ3v) is 6.45. The number of rotatable bonds is 5. The van der Waals surface area contributed by atoms with Crippen LogP contribution in [0.2, 0.25) is 0 Å². The molecule has 1 aromatic carbocycles. The molecule has 5 heteroatoms. The van der Waals surface area contributed by atoms with Crippen LogP contribution in [0.5, 0.6) is 5.75 Å². The summed E-state index contributed by atoms with van der Waals surface area (Å²) in [6.07, 6.45) is 5.47. The lowest BCUT2D eigenvalue weighted by molar-refractivity contribution is -0.127. The highest BCUT2D eigenvalue weighted by Gasteiger charge is 2.45. The second kappa shape index (κ2) is 7.57.